The predicted octanol–water partition coefficient (Wildman–Crippen LogP) is 1.67. The molecule has 24 heavy (non-hydrogen) atoms. The van der Waals surface area contributed by atoms with Crippen molar-refractivity contribution in [2.75, 3.05) is 6.54 Å². The lowest BCUT2D eigenvalue weighted by atomic mass is 10.2. The van der Waals surface area contributed by atoms with Crippen LogP contribution in [0.15, 0.2) is 36.5 Å². The summed E-state index contributed by atoms with van der Waals surface area (Å²) in [5.41, 5.74) is 6.43. The molecule has 128 valence electrons. The monoisotopic (exact) mass is 351 g/mol. The van der Waals surface area contributed by atoms with Crippen LogP contribution < -0.4 is 11.1 Å². The zero-order valence-electron chi connectivity index (χ0n) is 12.8. The van der Waals surface area contributed by atoms with Gasteiger partial charge < -0.3 is 11.1 Å². The first kappa shape index (κ1) is 17.9. The van der Waals surface area contributed by atoms with Crippen molar-refractivity contribution in [3.63, 3.8) is 0 Å². The highest BCUT2D eigenvalue weighted by atomic mass is 35.5. The van der Waals surface area contributed by atoms with Gasteiger partial charge in [0.15, 0.2) is 5.69 Å². The van der Waals surface area contributed by atoms with Crippen molar-refractivity contribution in [3.8, 4) is 5.69 Å². The van der Waals surface area contributed by atoms with Gasteiger partial charge in [-0.1, -0.05) is 6.07 Å². The molecule has 0 radical (unpaired) electrons. The van der Waals surface area contributed by atoms with Gasteiger partial charge in [-0.15, -0.1) is 12.4 Å². The molecular weight excluding hydrogens is 334 g/mol. The zero-order chi connectivity index (χ0) is 16.4. The van der Waals surface area contributed by atoms with E-state index in [9.17, 15) is 14.9 Å². The summed E-state index contributed by atoms with van der Waals surface area (Å²) in [6.45, 7) is 0.405. The highest BCUT2D eigenvalue weighted by Gasteiger charge is 2.31. The number of rotatable bonds is 6. The first-order chi connectivity index (χ1) is 11.1. The maximum absolute atomic E-state index is 12.2. The number of nitrogens with two attached hydrogens (primary N) is 1. The van der Waals surface area contributed by atoms with Gasteiger partial charge in [0.25, 0.3) is 11.6 Å². The normalized spacial score (nSPS) is 14.5. The minimum absolute atomic E-state index is 0. The number of amides is 1. The summed E-state index contributed by atoms with van der Waals surface area (Å²) in [5.74, 6) is 0.180. The number of hydrogen-bond acceptors (Lipinski definition) is 5. The summed E-state index contributed by atoms with van der Waals surface area (Å²) < 4.78 is 1.44. The van der Waals surface area contributed by atoms with E-state index in [0.29, 0.717) is 18.2 Å². The second-order valence-electron chi connectivity index (χ2n) is 5.58. The van der Waals surface area contributed by atoms with Crippen molar-refractivity contribution in [2.45, 2.75) is 18.9 Å². The number of benzene rings is 1. The molecule has 1 atom stereocenters. The van der Waals surface area contributed by atoms with E-state index < -0.39 is 4.92 Å². The van der Waals surface area contributed by atoms with Crippen molar-refractivity contribution in [1.29, 1.82) is 0 Å². The molecule has 8 nitrogen and oxygen atoms in total. The standard InChI is InChI=1S/C15H17N5O3.ClH/c16-9-14(10-4-5-10)17-15(21)13-6-7-19(18-13)11-2-1-3-12(8-11)20(22)23;/h1-3,6-8,10,14H,4-5,9,16H2,(H,17,21);1H. The molecule has 1 aliphatic rings. The second-order valence-corrected chi connectivity index (χ2v) is 5.58. The molecule has 1 heterocycles. The molecule has 0 aliphatic heterocycles. The third kappa shape index (κ3) is 3.90. The van der Waals surface area contributed by atoms with Gasteiger partial charge in [-0.3, -0.25) is 14.9 Å². The van der Waals surface area contributed by atoms with Crippen LogP contribution in [0.3, 0.4) is 0 Å². The van der Waals surface area contributed by atoms with E-state index in [0.717, 1.165) is 12.8 Å². The molecule has 1 saturated carbocycles. The predicted molar refractivity (Wildman–Crippen MR) is 90.5 cm³/mol. The van der Waals surface area contributed by atoms with Crippen molar-refractivity contribution in [3.05, 3.63) is 52.3 Å². The van der Waals surface area contributed by atoms with Crippen molar-refractivity contribution < 1.29 is 9.72 Å². The topological polar surface area (TPSA) is 116 Å². The van der Waals surface area contributed by atoms with Gasteiger partial charge in [0, 0.05) is 30.9 Å². The van der Waals surface area contributed by atoms with Crippen LogP contribution in [0.2, 0.25) is 0 Å². The maximum atomic E-state index is 12.2. The molecule has 1 aromatic carbocycles. The quantitative estimate of drug-likeness (QED) is 0.606. The average Bonchev–Trinajstić information content (AvgIpc) is 3.28. The molecule has 3 rings (SSSR count). The number of carbonyl (C=O) groups is 1. The van der Waals surface area contributed by atoms with Gasteiger partial charge in [0.05, 0.1) is 10.6 Å². The third-order valence-corrected chi connectivity index (χ3v) is 3.89. The molecule has 0 bridgehead atoms. The molecule has 9 heteroatoms. The van der Waals surface area contributed by atoms with Crippen molar-refractivity contribution in [2.24, 2.45) is 11.7 Å². The third-order valence-electron chi connectivity index (χ3n) is 3.89. The Bertz CT molecular complexity index is 744. The molecule has 1 aromatic heterocycles. The van der Waals surface area contributed by atoms with Crippen LogP contribution in [0, 0.1) is 16.0 Å². The van der Waals surface area contributed by atoms with E-state index in [2.05, 4.69) is 10.4 Å². The molecule has 2 aromatic rings. The number of nitro groups is 1. The van der Waals surface area contributed by atoms with Crippen LogP contribution in [0.1, 0.15) is 23.3 Å². The molecule has 1 fully saturated rings. The van der Waals surface area contributed by atoms with Crippen molar-refractivity contribution >= 4 is 24.0 Å². The average molecular weight is 352 g/mol. The smallest absolute Gasteiger partial charge is 0.272 e. The lowest BCUT2D eigenvalue weighted by molar-refractivity contribution is -0.384. The maximum Gasteiger partial charge on any atom is 0.272 e. The van der Waals surface area contributed by atoms with E-state index in [1.807, 2.05) is 0 Å². The number of halogens is 1. The highest BCUT2D eigenvalue weighted by molar-refractivity contribution is 5.92. The number of nitrogens with zero attached hydrogens (tertiary/aromatic N) is 3. The fourth-order valence-corrected chi connectivity index (χ4v) is 2.45. The molecule has 1 amide bonds. The lowest BCUT2D eigenvalue weighted by Crippen LogP contribution is -2.41. The molecular formula is C15H18ClN5O3. The van der Waals surface area contributed by atoms with Crippen LogP contribution in [0.4, 0.5) is 5.69 Å². The van der Waals surface area contributed by atoms with Crippen LogP contribution in [0.5, 0.6) is 0 Å². The Hall–Kier alpha value is -2.45. The molecule has 0 saturated heterocycles. The number of aromatic nitrogens is 2. The summed E-state index contributed by atoms with van der Waals surface area (Å²) in [6.07, 6.45) is 3.77. The summed E-state index contributed by atoms with van der Waals surface area (Å²) in [7, 11) is 0. The van der Waals surface area contributed by atoms with E-state index in [4.69, 9.17) is 5.73 Å². The Morgan fingerprint density at radius 2 is 2.21 bits per heavy atom. The molecule has 1 unspecified atom stereocenters. The Balaban J connectivity index is 0.00000208. The minimum atomic E-state index is -0.470. The molecule has 0 spiro atoms. The van der Waals surface area contributed by atoms with E-state index in [1.165, 1.54) is 16.8 Å². The Labute approximate surface area is 144 Å². The van der Waals surface area contributed by atoms with Crippen LogP contribution in [-0.4, -0.2) is 33.2 Å². The van der Waals surface area contributed by atoms with Crippen LogP contribution >= 0.6 is 12.4 Å². The molecule has 3 N–H and O–H groups in total. The van der Waals surface area contributed by atoms with Crippen LogP contribution in [-0.2, 0) is 0 Å². The SMILES string of the molecule is Cl.NCC(NC(=O)c1ccn(-c2cccc([N+](=O)[O-])c2)n1)C1CC1. The van der Waals surface area contributed by atoms with Crippen molar-refractivity contribution in [1.82, 2.24) is 15.1 Å². The fraction of sp³-hybridized carbons (Fsp3) is 0.333. The number of carbonyl (C=O) groups excluding carboxylic acids is 1. The Kier molecular flexibility index (Phi) is 5.53. The van der Waals surface area contributed by atoms with Gasteiger partial charge in [-0.25, -0.2) is 4.68 Å². The van der Waals surface area contributed by atoms with Gasteiger partial charge in [-0.05, 0) is 30.9 Å². The van der Waals surface area contributed by atoms with E-state index in [1.54, 1.807) is 24.4 Å². The number of nitro benzene ring substituents is 1. The van der Waals surface area contributed by atoms with E-state index in [-0.39, 0.29) is 35.7 Å². The minimum Gasteiger partial charge on any atom is -0.346 e. The van der Waals surface area contributed by atoms with Crippen LogP contribution in [0.25, 0.3) is 5.69 Å². The summed E-state index contributed by atoms with van der Waals surface area (Å²) in [4.78, 5) is 22.6. The summed E-state index contributed by atoms with van der Waals surface area (Å²) >= 11 is 0. The lowest BCUT2D eigenvalue weighted by Gasteiger charge is -2.14. The molecule has 1 aliphatic carbocycles. The highest BCUT2D eigenvalue weighted by Crippen LogP contribution is 2.32. The summed E-state index contributed by atoms with van der Waals surface area (Å²) in [6, 6.07) is 7.63. The number of non-ortho nitro benzene ring substituents is 1. The van der Waals surface area contributed by atoms with E-state index >= 15 is 0 Å². The Morgan fingerprint density at radius 3 is 2.83 bits per heavy atom. The zero-order valence-corrected chi connectivity index (χ0v) is 13.6. The number of nitrogens with one attached hydrogen (secondary N) is 1. The van der Waals surface area contributed by atoms with Gasteiger partial charge >= 0.3 is 0 Å². The summed E-state index contributed by atoms with van der Waals surface area (Å²) in [5, 5.41) is 17.9. The van der Waals surface area contributed by atoms with Gasteiger partial charge in [0.2, 0.25) is 0 Å². The second kappa shape index (κ2) is 7.41. The number of hydrogen-bond donors (Lipinski definition) is 2. The fourth-order valence-electron chi connectivity index (χ4n) is 2.45. The van der Waals surface area contributed by atoms with Gasteiger partial charge in [0.1, 0.15) is 0 Å². The first-order valence-corrected chi connectivity index (χ1v) is 7.40. The Morgan fingerprint density at radius 1 is 1.46 bits per heavy atom. The van der Waals surface area contributed by atoms with Gasteiger partial charge in [-0.2, -0.15) is 5.10 Å². The first-order valence-electron chi connectivity index (χ1n) is 7.40. The largest absolute Gasteiger partial charge is 0.346 e.